The Morgan fingerprint density at radius 1 is 1.36 bits per heavy atom. The minimum absolute atomic E-state index is 0. The van der Waals surface area contributed by atoms with Gasteiger partial charge >= 0.3 is 23.1 Å². The zero-order valence-electron chi connectivity index (χ0n) is 6.39. The van der Waals surface area contributed by atoms with Gasteiger partial charge in [-0.25, -0.2) is 0 Å². The summed E-state index contributed by atoms with van der Waals surface area (Å²) in [7, 11) is 0. The summed E-state index contributed by atoms with van der Waals surface area (Å²) in [5.74, 6) is 0.877. The molecule has 0 spiro atoms. The van der Waals surface area contributed by atoms with Crippen LogP contribution >= 0.6 is 0 Å². The van der Waals surface area contributed by atoms with E-state index in [-0.39, 0.29) is 40.0 Å². The predicted octanol–water partition coefficient (Wildman–Crippen LogP) is -1.01. The molecule has 1 aliphatic carbocycles. The third-order valence-corrected chi connectivity index (χ3v) is 1.78. The maximum atomic E-state index is 3.08. The van der Waals surface area contributed by atoms with E-state index < -0.39 is 0 Å². The van der Waals surface area contributed by atoms with E-state index in [1.165, 1.54) is 18.4 Å². The van der Waals surface area contributed by atoms with E-state index in [1.807, 2.05) is 6.07 Å². The quantitative estimate of drug-likeness (QED) is 0.421. The molecule has 0 bridgehead atoms. The molecule has 0 aliphatic heterocycles. The van der Waals surface area contributed by atoms with E-state index in [1.54, 1.807) is 0 Å². The van der Waals surface area contributed by atoms with Crippen LogP contribution in [-0.2, 0) is 0 Å². The molecule has 0 saturated heterocycles. The van der Waals surface area contributed by atoms with Crippen molar-refractivity contribution < 1.29 is 17.0 Å². The van der Waals surface area contributed by atoms with E-state index in [9.17, 15) is 0 Å². The first-order chi connectivity index (χ1) is 4.47. The van der Waals surface area contributed by atoms with Gasteiger partial charge in [0, 0.05) is 0 Å². The first-order valence-electron chi connectivity index (χ1n) is 3.43. The summed E-state index contributed by atoms with van der Waals surface area (Å²) in [5.41, 5.74) is 1.47. The van der Waals surface area contributed by atoms with Gasteiger partial charge in [-0.3, -0.25) is 0 Å². The van der Waals surface area contributed by atoms with Crippen LogP contribution in [0.2, 0.25) is 0 Å². The molecule has 0 heterocycles. The zero-order chi connectivity index (χ0) is 6.10. The van der Waals surface area contributed by atoms with Crippen LogP contribution in [0.3, 0.4) is 0 Å². The Bertz CT molecular complexity index is 194. The smallest absolute Gasteiger partial charge is 1.00 e. The standard InChI is InChI=1S/C9H9.BrH.Mg/c1-2-4-8(5-3-1)9-6-7-9;;/h1-2,4-5,9H,6-7H2;1H;/q-1;;+2/p-1. The van der Waals surface area contributed by atoms with Crippen molar-refractivity contribution in [2.45, 2.75) is 18.8 Å². The summed E-state index contributed by atoms with van der Waals surface area (Å²) in [5, 5.41) is 0. The van der Waals surface area contributed by atoms with Gasteiger partial charge in [-0.05, 0) is 0 Å². The molecule has 0 radical (unpaired) electrons. The van der Waals surface area contributed by atoms with Gasteiger partial charge in [-0.15, -0.1) is 0 Å². The van der Waals surface area contributed by atoms with E-state index in [0.29, 0.717) is 0 Å². The van der Waals surface area contributed by atoms with Gasteiger partial charge in [0.25, 0.3) is 0 Å². The first kappa shape index (κ1) is 11.5. The average molecular weight is 221 g/mol. The third kappa shape index (κ3) is 3.14. The molecule has 0 unspecified atom stereocenters. The van der Waals surface area contributed by atoms with Crippen LogP contribution in [0.4, 0.5) is 0 Å². The third-order valence-electron chi connectivity index (χ3n) is 1.78. The summed E-state index contributed by atoms with van der Waals surface area (Å²) >= 11 is 0. The molecule has 54 valence electrons. The van der Waals surface area contributed by atoms with Crippen molar-refractivity contribution >= 4 is 23.1 Å². The Kier molecular flexibility index (Phi) is 5.39. The van der Waals surface area contributed by atoms with Crippen molar-refractivity contribution in [3.8, 4) is 0 Å². The summed E-state index contributed by atoms with van der Waals surface area (Å²) in [6.07, 6.45) is 2.77. The van der Waals surface area contributed by atoms with Crippen LogP contribution in [0.5, 0.6) is 0 Å². The fraction of sp³-hybridized carbons (Fsp3) is 0.333. The largest absolute Gasteiger partial charge is 2.00 e. The van der Waals surface area contributed by atoms with E-state index in [2.05, 4.69) is 24.3 Å². The number of rotatable bonds is 1. The fourth-order valence-electron chi connectivity index (χ4n) is 1.08. The van der Waals surface area contributed by atoms with Crippen molar-refractivity contribution in [1.82, 2.24) is 0 Å². The second-order valence-corrected chi connectivity index (χ2v) is 2.61. The van der Waals surface area contributed by atoms with Gasteiger partial charge in [-0.2, -0.15) is 35.9 Å². The first-order valence-corrected chi connectivity index (χ1v) is 3.43. The molecule has 1 fully saturated rings. The minimum atomic E-state index is 0. The predicted molar refractivity (Wildman–Crippen MR) is 43.0 cm³/mol. The number of hydrogen-bond donors (Lipinski definition) is 0. The molecule has 0 atom stereocenters. The van der Waals surface area contributed by atoms with Gasteiger partial charge < -0.3 is 17.0 Å². The molecule has 2 rings (SSSR count). The molecule has 0 aromatic heterocycles. The summed E-state index contributed by atoms with van der Waals surface area (Å²) < 4.78 is 0. The number of halogens is 1. The summed E-state index contributed by atoms with van der Waals surface area (Å²) in [6.45, 7) is 0. The molecule has 2 heteroatoms. The van der Waals surface area contributed by atoms with E-state index in [0.717, 1.165) is 5.92 Å². The number of benzene rings is 1. The Morgan fingerprint density at radius 3 is 2.55 bits per heavy atom. The van der Waals surface area contributed by atoms with Gasteiger partial charge in [0.05, 0.1) is 0 Å². The van der Waals surface area contributed by atoms with Gasteiger partial charge in [0.15, 0.2) is 0 Å². The van der Waals surface area contributed by atoms with Crippen LogP contribution in [0.1, 0.15) is 24.3 Å². The van der Waals surface area contributed by atoms with Crippen molar-refractivity contribution in [3.63, 3.8) is 0 Å². The molecular weight excluding hydrogens is 212 g/mol. The van der Waals surface area contributed by atoms with Gasteiger partial charge in [0.2, 0.25) is 0 Å². The summed E-state index contributed by atoms with van der Waals surface area (Å²) in [4.78, 5) is 0. The Hall–Kier alpha value is 0.466. The average Bonchev–Trinajstić information content (AvgIpc) is 2.71. The minimum Gasteiger partial charge on any atom is -1.00 e. The number of hydrogen-bond acceptors (Lipinski definition) is 0. The van der Waals surface area contributed by atoms with Crippen LogP contribution in [0.15, 0.2) is 24.3 Å². The van der Waals surface area contributed by atoms with E-state index >= 15 is 0 Å². The normalized spacial score (nSPS) is 14.5. The van der Waals surface area contributed by atoms with Crippen LogP contribution in [-0.4, -0.2) is 23.1 Å². The molecular formula is C9H9BrMg. The fourth-order valence-corrected chi connectivity index (χ4v) is 1.08. The SMILES string of the molecule is [Br-].[Mg+2].[c-]1cccc(C2CC2)c1. The second kappa shape index (κ2) is 5.17. The molecule has 1 aliphatic rings. The monoisotopic (exact) mass is 220 g/mol. The second-order valence-electron chi connectivity index (χ2n) is 2.61. The van der Waals surface area contributed by atoms with Crippen molar-refractivity contribution in [2.75, 3.05) is 0 Å². The van der Waals surface area contributed by atoms with Crippen LogP contribution in [0.25, 0.3) is 0 Å². The van der Waals surface area contributed by atoms with Crippen LogP contribution < -0.4 is 17.0 Å². The Labute approximate surface area is 94.3 Å². The molecule has 11 heavy (non-hydrogen) atoms. The van der Waals surface area contributed by atoms with Crippen molar-refractivity contribution in [3.05, 3.63) is 35.9 Å². The maximum absolute atomic E-state index is 3.08. The molecule has 0 amide bonds. The molecule has 1 saturated carbocycles. The van der Waals surface area contributed by atoms with E-state index in [4.69, 9.17) is 0 Å². The summed E-state index contributed by atoms with van der Waals surface area (Å²) in [6, 6.07) is 11.4. The van der Waals surface area contributed by atoms with Crippen molar-refractivity contribution in [1.29, 1.82) is 0 Å². The zero-order valence-corrected chi connectivity index (χ0v) is 9.39. The molecule has 0 nitrogen and oxygen atoms in total. The molecule has 1 aromatic rings. The maximum Gasteiger partial charge on any atom is 2.00 e. The van der Waals surface area contributed by atoms with Gasteiger partial charge in [-0.1, -0.05) is 18.8 Å². The van der Waals surface area contributed by atoms with Crippen LogP contribution in [0, 0.1) is 6.07 Å². The van der Waals surface area contributed by atoms with Gasteiger partial charge in [0.1, 0.15) is 0 Å². The Balaban J connectivity index is 0.000000500. The molecule has 1 aromatic carbocycles. The Morgan fingerprint density at radius 2 is 2.09 bits per heavy atom. The molecule has 0 N–H and O–H groups in total. The van der Waals surface area contributed by atoms with Crippen molar-refractivity contribution in [2.24, 2.45) is 0 Å². The topological polar surface area (TPSA) is 0 Å².